The van der Waals surface area contributed by atoms with E-state index in [4.69, 9.17) is 16.2 Å². The Labute approximate surface area is 94.7 Å². The summed E-state index contributed by atoms with van der Waals surface area (Å²) in [5, 5.41) is 0. The molecular formula is C11H16N4O. The fourth-order valence-corrected chi connectivity index (χ4v) is 1.77. The minimum Gasteiger partial charge on any atom is -0.378 e. The quantitative estimate of drug-likeness (QED) is 0.559. The van der Waals surface area contributed by atoms with E-state index in [1.807, 2.05) is 24.3 Å². The molecule has 86 valence electrons. The maximum Gasteiger partial charge on any atom is 0.191 e. The van der Waals surface area contributed by atoms with E-state index in [1.165, 1.54) is 0 Å². The van der Waals surface area contributed by atoms with Crippen LogP contribution in [0.5, 0.6) is 0 Å². The first-order valence-electron chi connectivity index (χ1n) is 5.29. The van der Waals surface area contributed by atoms with E-state index < -0.39 is 0 Å². The smallest absolute Gasteiger partial charge is 0.191 e. The van der Waals surface area contributed by atoms with Crippen molar-refractivity contribution < 1.29 is 4.74 Å². The third-order valence-electron chi connectivity index (χ3n) is 2.48. The van der Waals surface area contributed by atoms with Gasteiger partial charge in [0.15, 0.2) is 5.96 Å². The number of aliphatic imine (C=N–C) groups is 1. The second kappa shape index (κ2) is 4.85. The lowest BCUT2D eigenvalue weighted by molar-refractivity contribution is 0.123. The maximum atomic E-state index is 5.41. The molecule has 1 heterocycles. The highest BCUT2D eigenvalue weighted by atomic mass is 16.5. The van der Waals surface area contributed by atoms with Gasteiger partial charge >= 0.3 is 0 Å². The molecule has 1 aromatic rings. The molecular weight excluding hydrogens is 204 g/mol. The molecule has 0 spiro atoms. The topological polar surface area (TPSA) is 76.9 Å². The summed E-state index contributed by atoms with van der Waals surface area (Å²) in [4.78, 5) is 6.35. The molecule has 1 aliphatic rings. The number of hydrogen-bond donors (Lipinski definition) is 2. The van der Waals surface area contributed by atoms with Gasteiger partial charge in [-0.2, -0.15) is 0 Å². The number of anilines is 1. The van der Waals surface area contributed by atoms with Gasteiger partial charge in [-0.3, -0.25) is 0 Å². The Bertz CT molecular complexity index is 381. The van der Waals surface area contributed by atoms with Crippen LogP contribution in [0.3, 0.4) is 0 Å². The minimum atomic E-state index is 0.0840. The average Bonchev–Trinajstić information content (AvgIpc) is 2.30. The number of rotatable bonds is 2. The summed E-state index contributed by atoms with van der Waals surface area (Å²) in [6.07, 6.45) is 0. The fraction of sp³-hybridized carbons (Fsp3) is 0.364. The molecule has 1 saturated heterocycles. The lowest BCUT2D eigenvalue weighted by Crippen LogP contribution is -2.36. The van der Waals surface area contributed by atoms with Crippen LogP contribution >= 0.6 is 0 Å². The summed E-state index contributed by atoms with van der Waals surface area (Å²) in [5.41, 5.74) is 12.7. The second-order valence-electron chi connectivity index (χ2n) is 3.62. The first-order chi connectivity index (χ1) is 7.77. The Hall–Kier alpha value is -1.75. The molecule has 2 rings (SSSR count). The Morgan fingerprint density at radius 1 is 1.19 bits per heavy atom. The highest BCUT2D eigenvalue weighted by molar-refractivity contribution is 5.82. The van der Waals surface area contributed by atoms with Gasteiger partial charge in [0.1, 0.15) is 0 Å². The molecule has 0 aromatic heterocycles. The van der Waals surface area contributed by atoms with Crippen molar-refractivity contribution in [3.8, 4) is 0 Å². The van der Waals surface area contributed by atoms with E-state index >= 15 is 0 Å². The molecule has 4 N–H and O–H groups in total. The predicted octanol–water partition coefficient (Wildman–Crippen LogP) is 0.428. The van der Waals surface area contributed by atoms with Gasteiger partial charge in [0, 0.05) is 13.1 Å². The minimum absolute atomic E-state index is 0.0840. The van der Waals surface area contributed by atoms with Crippen molar-refractivity contribution in [2.75, 3.05) is 31.2 Å². The molecule has 16 heavy (non-hydrogen) atoms. The summed E-state index contributed by atoms with van der Waals surface area (Å²) < 4.78 is 5.32. The standard InChI is InChI=1S/C11H16N4O/c12-11(13)14-9-3-1-2-4-10(9)15-5-7-16-8-6-15/h1-4H,5-8H2,(H4,12,13,14). The predicted molar refractivity (Wildman–Crippen MR) is 64.9 cm³/mol. The number of nitrogens with zero attached hydrogens (tertiary/aromatic N) is 2. The van der Waals surface area contributed by atoms with E-state index in [0.717, 1.165) is 37.7 Å². The summed E-state index contributed by atoms with van der Waals surface area (Å²) >= 11 is 0. The summed E-state index contributed by atoms with van der Waals surface area (Å²) in [5.74, 6) is 0.0840. The summed E-state index contributed by atoms with van der Waals surface area (Å²) in [6, 6.07) is 7.83. The third-order valence-corrected chi connectivity index (χ3v) is 2.48. The van der Waals surface area contributed by atoms with E-state index in [1.54, 1.807) is 0 Å². The largest absolute Gasteiger partial charge is 0.378 e. The highest BCUT2D eigenvalue weighted by Gasteiger charge is 2.13. The number of benzene rings is 1. The number of hydrogen-bond acceptors (Lipinski definition) is 3. The molecule has 1 aliphatic heterocycles. The molecule has 1 aromatic carbocycles. The Kier molecular flexibility index (Phi) is 3.26. The van der Waals surface area contributed by atoms with Crippen LogP contribution in [0.2, 0.25) is 0 Å². The van der Waals surface area contributed by atoms with Crippen LogP contribution in [0, 0.1) is 0 Å². The van der Waals surface area contributed by atoms with Crippen molar-refractivity contribution in [3.63, 3.8) is 0 Å². The van der Waals surface area contributed by atoms with Gasteiger partial charge in [-0.15, -0.1) is 0 Å². The Balaban J connectivity index is 2.28. The van der Waals surface area contributed by atoms with Crippen LogP contribution in [-0.4, -0.2) is 32.3 Å². The first kappa shape index (κ1) is 10.8. The SMILES string of the molecule is NC(N)=Nc1ccccc1N1CCOCC1. The molecule has 5 nitrogen and oxygen atoms in total. The van der Waals surface area contributed by atoms with Crippen LogP contribution < -0.4 is 16.4 Å². The zero-order valence-corrected chi connectivity index (χ0v) is 9.10. The van der Waals surface area contributed by atoms with Gasteiger partial charge in [0.25, 0.3) is 0 Å². The number of morpholine rings is 1. The van der Waals surface area contributed by atoms with Gasteiger partial charge < -0.3 is 21.1 Å². The van der Waals surface area contributed by atoms with Crippen molar-refractivity contribution in [1.29, 1.82) is 0 Å². The Morgan fingerprint density at radius 2 is 1.88 bits per heavy atom. The summed E-state index contributed by atoms with van der Waals surface area (Å²) in [7, 11) is 0. The second-order valence-corrected chi connectivity index (χ2v) is 3.62. The number of ether oxygens (including phenoxy) is 1. The van der Waals surface area contributed by atoms with Crippen LogP contribution in [0.25, 0.3) is 0 Å². The molecule has 5 heteroatoms. The molecule has 0 radical (unpaired) electrons. The Morgan fingerprint density at radius 3 is 2.56 bits per heavy atom. The zero-order chi connectivity index (χ0) is 11.4. The maximum absolute atomic E-state index is 5.41. The van der Waals surface area contributed by atoms with Gasteiger partial charge in [-0.1, -0.05) is 12.1 Å². The van der Waals surface area contributed by atoms with Crippen molar-refractivity contribution in [1.82, 2.24) is 0 Å². The third kappa shape index (κ3) is 2.43. The lowest BCUT2D eigenvalue weighted by atomic mass is 10.2. The van der Waals surface area contributed by atoms with E-state index in [2.05, 4.69) is 9.89 Å². The molecule has 1 fully saturated rings. The monoisotopic (exact) mass is 220 g/mol. The molecule has 0 saturated carbocycles. The zero-order valence-electron chi connectivity index (χ0n) is 9.10. The van der Waals surface area contributed by atoms with Crippen molar-refractivity contribution in [2.24, 2.45) is 16.5 Å². The van der Waals surface area contributed by atoms with Crippen LogP contribution in [0.4, 0.5) is 11.4 Å². The average molecular weight is 220 g/mol. The number of nitrogens with two attached hydrogens (primary N) is 2. The van der Waals surface area contributed by atoms with Crippen molar-refractivity contribution in [3.05, 3.63) is 24.3 Å². The lowest BCUT2D eigenvalue weighted by Gasteiger charge is -2.29. The number of para-hydroxylation sites is 2. The van der Waals surface area contributed by atoms with Crippen LogP contribution in [-0.2, 0) is 4.74 Å². The first-order valence-corrected chi connectivity index (χ1v) is 5.29. The van der Waals surface area contributed by atoms with Gasteiger partial charge in [0.05, 0.1) is 24.6 Å². The number of guanidine groups is 1. The fourth-order valence-electron chi connectivity index (χ4n) is 1.77. The van der Waals surface area contributed by atoms with Crippen LogP contribution in [0.15, 0.2) is 29.3 Å². The highest BCUT2D eigenvalue weighted by Crippen LogP contribution is 2.28. The molecule has 0 atom stereocenters. The molecule has 0 bridgehead atoms. The molecule has 0 unspecified atom stereocenters. The summed E-state index contributed by atoms with van der Waals surface area (Å²) in [6.45, 7) is 3.24. The van der Waals surface area contributed by atoms with E-state index in [-0.39, 0.29) is 5.96 Å². The van der Waals surface area contributed by atoms with Crippen molar-refractivity contribution in [2.45, 2.75) is 0 Å². The molecule has 0 aliphatic carbocycles. The normalized spacial score (nSPS) is 15.9. The van der Waals surface area contributed by atoms with Gasteiger partial charge in [0.2, 0.25) is 0 Å². The van der Waals surface area contributed by atoms with E-state index in [9.17, 15) is 0 Å². The van der Waals surface area contributed by atoms with E-state index in [0.29, 0.717) is 0 Å². The van der Waals surface area contributed by atoms with Gasteiger partial charge in [-0.05, 0) is 12.1 Å². The van der Waals surface area contributed by atoms with Crippen molar-refractivity contribution >= 4 is 17.3 Å². The molecule has 0 amide bonds. The van der Waals surface area contributed by atoms with Gasteiger partial charge in [-0.25, -0.2) is 4.99 Å². The van der Waals surface area contributed by atoms with Crippen LogP contribution in [0.1, 0.15) is 0 Å².